The topological polar surface area (TPSA) is 49.6 Å². The van der Waals surface area contributed by atoms with Gasteiger partial charge in [0.15, 0.2) is 0 Å². The van der Waals surface area contributed by atoms with Crippen LogP contribution in [0.1, 0.15) is 50.1 Å². The zero-order valence-corrected chi connectivity index (χ0v) is 13.7. The monoisotopic (exact) mass is 301 g/mol. The van der Waals surface area contributed by atoms with Crippen molar-refractivity contribution < 1.29 is 4.79 Å². The molecule has 2 N–H and O–H groups in total. The van der Waals surface area contributed by atoms with E-state index in [1.165, 1.54) is 24.1 Å². The van der Waals surface area contributed by atoms with Crippen molar-refractivity contribution in [1.82, 2.24) is 4.90 Å². The van der Waals surface area contributed by atoms with Crippen molar-refractivity contribution in [2.45, 2.75) is 56.7 Å². The van der Waals surface area contributed by atoms with Crippen molar-refractivity contribution in [1.29, 1.82) is 0 Å². The van der Waals surface area contributed by atoms with Crippen molar-refractivity contribution in [3.05, 3.63) is 29.8 Å². The number of hydrogen-bond donors (Lipinski definition) is 1. The first kappa shape index (κ1) is 15.3. The Morgan fingerprint density at radius 2 is 1.73 bits per heavy atom. The molecule has 1 amide bonds. The summed E-state index contributed by atoms with van der Waals surface area (Å²) in [6.45, 7) is 0. The SMILES string of the molecule is CN(C)c1ccc(C2C(N)CCC(=O)N2C2CCCC2)cc1. The molecule has 1 saturated carbocycles. The van der Waals surface area contributed by atoms with Gasteiger partial charge in [-0.25, -0.2) is 0 Å². The van der Waals surface area contributed by atoms with Crippen LogP contribution in [0.2, 0.25) is 0 Å². The van der Waals surface area contributed by atoms with Gasteiger partial charge in [-0.15, -0.1) is 0 Å². The second-order valence-electron chi connectivity index (χ2n) is 6.87. The first-order valence-corrected chi connectivity index (χ1v) is 8.42. The van der Waals surface area contributed by atoms with Crippen LogP contribution in [-0.4, -0.2) is 37.0 Å². The molecule has 2 aliphatic rings. The molecule has 1 heterocycles. The third-order valence-electron chi connectivity index (χ3n) is 5.15. The van der Waals surface area contributed by atoms with Crippen molar-refractivity contribution in [3.63, 3.8) is 0 Å². The quantitative estimate of drug-likeness (QED) is 0.934. The van der Waals surface area contributed by atoms with Gasteiger partial charge in [0.05, 0.1) is 6.04 Å². The lowest BCUT2D eigenvalue weighted by Gasteiger charge is -2.43. The summed E-state index contributed by atoms with van der Waals surface area (Å²) in [5.41, 5.74) is 8.78. The van der Waals surface area contributed by atoms with Crippen molar-refractivity contribution in [2.24, 2.45) is 5.73 Å². The third-order valence-corrected chi connectivity index (χ3v) is 5.15. The average Bonchev–Trinajstić information content (AvgIpc) is 3.03. The molecular formula is C18H27N3O. The second-order valence-corrected chi connectivity index (χ2v) is 6.87. The smallest absolute Gasteiger partial charge is 0.223 e. The minimum atomic E-state index is 0.0422. The zero-order valence-electron chi connectivity index (χ0n) is 13.7. The minimum Gasteiger partial charge on any atom is -0.378 e. The van der Waals surface area contributed by atoms with E-state index in [4.69, 9.17) is 5.73 Å². The van der Waals surface area contributed by atoms with Gasteiger partial charge in [0.1, 0.15) is 0 Å². The molecule has 4 nitrogen and oxygen atoms in total. The van der Waals surface area contributed by atoms with Gasteiger partial charge in [-0.1, -0.05) is 25.0 Å². The lowest BCUT2D eigenvalue weighted by Crippen LogP contribution is -2.52. The number of piperidine rings is 1. The summed E-state index contributed by atoms with van der Waals surface area (Å²) in [5, 5.41) is 0. The number of nitrogens with zero attached hydrogens (tertiary/aromatic N) is 2. The average molecular weight is 301 g/mol. The summed E-state index contributed by atoms with van der Waals surface area (Å²) in [6.07, 6.45) is 6.12. The van der Waals surface area contributed by atoms with Gasteiger partial charge < -0.3 is 15.5 Å². The molecule has 1 saturated heterocycles. The Balaban J connectivity index is 1.90. The van der Waals surface area contributed by atoms with Gasteiger partial charge in [0.2, 0.25) is 5.91 Å². The van der Waals surface area contributed by atoms with E-state index in [0.29, 0.717) is 12.5 Å². The standard InChI is InChI=1S/C18H27N3O/c1-20(2)14-9-7-13(8-10-14)18-16(19)11-12-17(22)21(18)15-5-3-4-6-15/h7-10,15-16,18H,3-6,11-12,19H2,1-2H3. The predicted molar refractivity (Wildman–Crippen MR) is 89.8 cm³/mol. The number of anilines is 1. The fourth-order valence-corrected chi connectivity index (χ4v) is 3.93. The Labute approximate surface area is 133 Å². The first-order valence-electron chi connectivity index (χ1n) is 8.42. The minimum absolute atomic E-state index is 0.0422. The maximum atomic E-state index is 12.5. The van der Waals surface area contributed by atoms with E-state index in [0.717, 1.165) is 19.3 Å². The maximum Gasteiger partial charge on any atom is 0.223 e. The van der Waals surface area contributed by atoms with Crippen LogP contribution in [-0.2, 0) is 4.79 Å². The fourth-order valence-electron chi connectivity index (χ4n) is 3.93. The van der Waals surface area contributed by atoms with Crippen LogP contribution in [0.15, 0.2) is 24.3 Å². The third kappa shape index (κ3) is 2.84. The Morgan fingerprint density at radius 3 is 2.32 bits per heavy atom. The molecule has 0 aromatic heterocycles. The van der Waals surface area contributed by atoms with E-state index < -0.39 is 0 Å². The Morgan fingerprint density at radius 1 is 1.09 bits per heavy atom. The molecule has 2 atom stereocenters. The van der Waals surface area contributed by atoms with Gasteiger partial charge in [0.25, 0.3) is 0 Å². The molecule has 22 heavy (non-hydrogen) atoms. The van der Waals surface area contributed by atoms with E-state index in [9.17, 15) is 4.79 Å². The normalized spacial score (nSPS) is 26.5. The summed E-state index contributed by atoms with van der Waals surface area (Å²) < 4.78 is 0. The number of carbonyl (C=O) groups excluding carboxylic acids is 1. The number of rotatable bonds is 3. The van der Waals surface area contributed by atoms with E-state index in [1.807, 2.05) is 14.1 Å². The highest BCUT2D eigenvalue weighted by atomic mass is 16.2. The maximum absolute atomic E-state index is 12.5. The van der Waals surface area contributed by atoms with Crippen LogP contribution in [0.4, 0.5) is 5.69 Å². The van der Waals surface area contributed by atoms with Crippen LogP contribution in [0, 0.1) is 0 Å². The fraction of sp³-hybridized carbons (Fsp3) is 0.611. The van der Waals surface area contributed by atoms with Gasteiger partial charge in [0, 0.05) is 38.3 Å². The number of nitrogens with two attached hydrogens (primary N) is 1. The van der Waals surface area contributed by atoms with Crippen LogP contribution in [0.25, 0.3) is 0 Å². The summed E-state index contributed by atoms with van der Waals surface area (Å²) in [4.78, 5) is 16.8. The highest BCUT2D eigenvalue weighted by Gasteiger charge is 2.39. The number of carbonyl (C=O) groups is 1. The summed E-state index contributed by atoms with van der Waals surface area (Å²) in [7, 11) is 4.07. The summed E-state index contributed by atoms with van der Waals surface area (Å²) in [5.74, 6) is 0.287. The molecule has 1 aliphatic carbocycles. The molecule has 2 fully saturated rings. The van der Waals surface area contributed by atoms with E-state index in [-0.39, 0.29) is 18.0 Å². The number of hydrogen-bond acceptors (Lipinski definition) is 3. The summed E-state index contributed by atoms with van der Waals surface area (Å²) in [6, 6.07) is 8.99. The number of amides is 1. The molecule has 120 valence electrons. The van der Waals surface area contributed by atoms with Gasteiger partial charge >= 0.3 is 0 Å². The molecule has 0 spiro atoms. The molecule has 4 heteroatoms. The van der Waals surface area contributed by atoms with Crippen LogP contribution in [0.3, 0.4) is 0 Å². The van der Waals surface area contributed by atoms with Crippen LogP contribution in [0.5, 0.6) is 0 Å². The molecule has 1 aromatic carbocycles. The molecule has 0 bridgehead atoms. The van der Waals surface area contributed by atoms with Gasteiger partial charge in [-0.2, -0.15) is 0 Å². The number of likely N-dealkylation sites (tertiary alicyclic amines) is 1. The van der Waals surface area contributed by atoms with Crippen molar-refractivity contribution in [2.75, 3.05) is 19.0 Å². The molecule has 1 aromatic rings. The van der Waals surface area contributed by atoms with Gasteiger partial charge in [-0.05, 0) is 37.0 Å². The lowest BCUT2D eigenvalue weighted by atomic mass is 9.88. The number of benzene rings is 1. The van der Waals surface area contributed by atoms with Crippen molar-refractivity contribution in [3.8, 4) is 0 Å². The van der Waals surface area contributed by atoms with E-state index >= 15 is 0 Å². The predicted octanol–water partition coefficient (Wildman–Crippen LogP) is 2.69. The molecule has 1 aliphatic heterocycles. The van der Waals surface area contributed by atoms with E-state index in [2.05, 4.69) is 34.1 Å². The Bertz CT molecular complexity index is 520. The molecule has 2 unspecified atom stereocenters. The van der Waals surface area contributed by atoms with Gasteiger partial charge in [-0.3, -0.25) is 4.79 Å². The zero-order chi connectivity index (χ0) is 15.7. The first-order chi connectivity index (χ1) is 10.6. The molecule has 0 radical (unpaired) electrons. The molecular weight excluding hydrogens is 274 g/mol. The van der Waals surface area contributed by atoms with Crippen LogP contribution >= 0.6 is 0 Å². The van der Waals surface area contributed by atoms with Crippen molar-refractivity contribution >= 4 is 11.6 Å². The largest absolute Gasteiger partial charge is 0.378 e. The lowest BCUT2D eigenvalue weighted by molar-refractivity contribution is -0.140. The van der Waals surface area contributed by atoms with E-state index in [1.54, 1.807) is 0 Å². The highest BCUT2D eigenvalue weighted by Crippen LogP contribution is 2.37. The Hall–Kier alpha value is -1.55. The highest BCUT2D eigenvalue weighted by molar-refractivity contribution is 5.78. The molecule has 3 rings (SSSR count). The summed E-state index contributed by atoms with van der Waals surface area (Å²) >= 11 is 0. The Kier molecular flexibility index (Phi) is 4.39. The van der Waals surface area contributed by atoms with Crippen LogP contribution < -0.4 is 10.6 Å². The second kappa shape index (κ2) is 6.29.